The summed E-state index contributed by atoms with van der Waals surface area (Å²) in [5.74, 6) is -1.70. The molecule has 29 heavy (non-hydrogen) atoms. The molecule has 0 aliphatic carbocycles. The summed E-state index contributed by atoms with van der Waals surface area (Å²) in [5.41, 5.74) is 8.07. The summed E-state index contributed by atoms with van der Waals surface area (Å²) in [6, 6.07) is 15.0. The number of carbonyl (C=O) groups excluding carboxylic acids is 2. The molecule has 0 atom stereocenters. The van der Waals surface area contributed by atoms with Gasteiger partial charge in [-0.05, 0) is 40.3 Å². The Bertz CT molecular complexity index is 1100. The Labute approximate surface area is 170 Å². The first-order valence-electron chi connectivity index (χ1n) is 8.44. The third kappa shape index (κ3) is 4.50. The number of urea groups is 1. The number of carboxylic acid groups (broad SMARTS) is 1. The molecule has 146 valence electrons. The van der Waals surface area contributed by atoms with Crippen LogP contribution >= 0.6 is 11.3 Å². The predicted octanol–water partition coefficient (Wildman–Crippen LogP) is 4.26. The molecule has 0 aliphatic rings. The van der Waals surface area contributed by atoms with E-state index in [1.165, 1.54) is 11.3 Å². The van der Waals surface area contributed by atoms with Crippen molar-refractivity contribution in [2.24, 2.45) is 5.73 Å². The van der Waals surface area contributed by atoms with Crippen LogP contribution in [0.2, 0.25) is 0 Å². The molecule has 0 radical (unpaired) electrons. The van der Waals surface area contributed by atoms with Crippen molar-refractivity contribution in [3.63, 3.8) is 0 Å². The second-order valence-corrected chi connectivity index (χ2v) is 6.93. The molecule has 0 saturated carbocycles. The SMILES string of the molecule is C=C(C(=O)O)c1ccccc1-c1ccc(NC(=O)Nc2sccc2C(N)=O)cc1. The number of anilines is 2. The van der Waals surface area contributed by atoms with Gasteiger partial charge in [0, 0.05) is 5.69 Å². The van der Waals surface area contributed by atoms with E-state index in [-0.39, 0.29) is 11.1 Å². The highest BCUT2D eigenvalue weighted by molar-refractivity contribution is 7.14. The van der Waals surface area contributed by atoms with Gasteiger partial charge in [0.05, 0.1) is 11.1 Å². The number of nitrogens with two attached hydrogens (primary N) is 1. The molecule has 0 unspecified atom stereocenters. The number of hydrogen-bond acceptors (Lipinski definition) is 4. The van der Waals surface area contributed by atoms with Gasteiger partial charge in [0.1, 0.15) is 5.00 Å². The zero-order chi connectivity index (χ0) is 21.0. The average Bonchev–Trinajstić information content (AvgIpc) is 3.16. The van der Waals surface area contributed by atoms with Crippen LogP contribution in [0.1, 0.15) is 15.9 Å². The van der Waals surface area contributed by atoms with Crippen LogP contribution in [-0.4, -0.2) is 23.0 Å². The van der Waals surface area contributed by atoms with Crippen molar-refractivity contribution in [3.8, 4) is 11.1 Å². The van der Waals surface area contributed by atoms with Crippen LogP contribution in [0.5, 0.6) is 0 Å². The van der Waals surface area contributed by atoms with Gasteiger partial charge in [-0.1, -0.05) is 43.0 Å². The van der Waals surface area contributed by atoms with E-state index < -0.39 is 17.9 Å². The van der Waals surface area contributed by atoms with Crippen molar-refractivity contribution in [2.75, 3.05) is 10.6 Å². The van der Waals surface area contributed by atoms with Crippen LogP contribution in [0.15, 0.2) is 66.6 Å². The maximum absolute atomic E-state index is 12.2. The molecule has 3 aromatic rings. The van der Waals surface area contributed by atoms with E-state index >= 15 is 0 Å². The van der Waals surface area contributed by atoms with Crippen molar-refractivity contribution in [1.82, 2.24) is 0 Å². The Morgan fingerprint density at radius 2 is 1.62 bits per heavy atom. The van der Waals surface area contributed by atoms with Gasteiger partial charge in [0.15, 0.2) is 0 Å². The van der Waals surface area contributed by atoms with Crippen molar-refractivity contribution >= 4 is 45.5 Å². The number of carbonyl (C=O) groups is 3. The second-order valence-electron chi connectivity index (χ2n) is 6.01. The predicted molar refractivity (Wildman–Crippen MR) is 114 cm³/mol. The Balaban J connectivity index is 1.75. The van der Waals surface area contributed by atoms with E-state index in [1.54, 1.807) is 53.9 Å². The fraction of sp³-hybridized carbons (Fsp3) is 0. The number of rotatable bonds is 6. The number of benzene rings is 2. The van der Waals surface area contributed by atoms with Crippen molar-refractivity contribution in [1.29, 1.82) is 0 Å². The van der Waals surface area contributed by atoms with Gasteiger partial charge in [-0.15, -0.1) is 11.3 Å². The van der Waals surface area contributed by atoms with Crippen LogP contribution in [0.4, 0.5) is 15.5 Å². The van der Waals surface area contributed by atoms with Crippen LogP contribution in [0.3, 0.4) is 0 Å². The summed E-state index contributed by atoms with van der Waals surface area (Å²) in [5, 5.41) is 16.5. The van der Waals surface area contributed by atoms with E-state index in [0.29, 0.717) is 16.3 Å². The van der Waals surface area contributed by atoms with Crippen LogP contribution in [0.25, 0.3) is 16.7 Å². The molecular weight excluding hydrogens is 390 g/mol. The van der Waals surface area contributed by atoms with Gasteiger partial charge in [-0.25, -0.2) is 9.59 Å². The van der Waals surface area contributed by atoms with E-state index in [9.17, 15) is 19.5 Å². The van der Waals surface area contributed by atoms with Gasteiger partial charge in [0.25, 0.3) is 5.91 Å². The molecule has 3 rings (SSSR count). The molecule has 3 amide bonds. The highest BCUT2D eigenvalue weighted by Gasteiger charge is 2.14. The van der Waals surface area contributed by atoms with Crippen LogP contribution in [-0.2, 0) is 4.79 Å². The van der Waals surface area contributed by atoms with Crippen LogP contribution < -0.4 is 16.4 Å². The maximum atomic E-state index is 12.2. The van der Waals surface area contributed by atoms with E-state index in [4.69, 9.17) is 5.73 Å². The summed E-state index contributed by atoms with van der Waals surface area (Å²) in [6.07, 6.45) is 0. The monoisotopic (exact) mass is 407 g/mol. The molecule has 0 saturated heterocycles. The summed E-state index contributed by atoms with van der Waals surface area (Å²) in [7, 11) is 0. The maximum Gasteiger partial charge on any atom is 0.335 e. The third-order valence-electron chi connectivity index (χ3n) is 4.12. The first-order chi connectivity index (χ1) is 13.9. The molecule has 0 aliphatic heterocycles. The summed E-state index contributed by atoms with van der Waals surface area (Å²) < 4.78 is 0. The van der Waals surface area contributed by atoms with Crippen molar-refractivity contribution in [2.45, 2.75) is 0 Å². The Hall–Kier alpha value is -3.91. The van der Waals surface area contributed by atoms with Gasteiger partial charge in [-0.2, -0.15) is 0 Å². The van der Waals surface area contributed by atoms with Gasteiger partial charge in [-0.3, -0.25) is 10.1 Å². The average molecular weight is 407 g/mol. The smallest absolute Gasteiger partial charge is 0.335 e. The lowest BCUT2D eigenvalue weighted by Crippen LogP contribution is -2.21. The number of thiophene rings is 1. The number of hydrogen-bond donors (Lipinski definition) is 4. The largest absolute Gasteiger partial charge is 0.478 e. The van der Waals surface area contributed by atoms with E-state index in [0.717, 1.165) is 11.1 Å². The Kier molecular flexibility index (Phi) is 5.75. The molecule has 8 heteroatoms. The van der Waals surface area contributed by atoms with Crippen molar-refractivity contribution < 1.29 is 19.5 Å². The number of primary amides is 1. The summed E-state index contributed by atoms with van der Waals surface area (Å²) in [4.78, 5) is 34.8. The van der Waals surface area contributed by atoms with Gasteiger partial charge >= 0.3 is 12.0 Å². The number of nitrogens with one attached hydrogen (secondary N) is 2. The fourth-order valence-electron chi connectivity index (χ4n) is 2.71. The Morgan fingerprint density at radius 1 is 0.931 bits per heavy atom. The number of carboxylic acids is 1. The van der Waals surface area contributed by atoms with Crippen molar-refractivity contribution in [3.05, 3.63) is 77.7 Å². The lowest BCUT2D eigenvalue weighted by Gasteiger charge is -2.11. The molecular formula is C21H17N3O4S. The minimum atomic E-state index is -1.09. The molecule has 0 spiro atoms. The zero-order valence-electron chi connectivity index (χ0n) is 15.1. The standard InChI is InChI=1S/C21H17N3O4S/c1-12(20(26)27)15-4-2-3-5-16(15)13-6-8-14(9-7-13)23-21(28)24-19-17(18(22)25)10-11-29-19/h2-11H,1H2,(H2,22,25)(H,26,27)(H2,23,24,28). The molecule has 0 fully saturated rings. The minimum absolute atomic E-state index is 0.00313. The molecule has 2 aromatic carbocycles. The van der Waals surface area contributed by atoms with E-state index in [1.807, 2.05) is 6.07 Å². The number of aliphatic carboxylic acids is 1. The first-order valence-corrected chi connectivity index (χ1v) is 9.32. The molecule has 7 nitrogen and oxygen atoms in total. The van der Waals surface area contributed by atoms with Gasteiger partial charge < -0.3 is 16.2 Å². The highest BCUT2D eigenvalue weighted by atomic mass is 32.1. The van der Waals surface area contributed by atoms with E-state index in [2.05, 4.69) is 17.2 Å². The first kappa shape index (κ1) is 19.8. The zero-order valence-corrected chi connectivity index (χ0v) is 16.0. The topological polar surface area (TPSA) is 122 Å². The van der Waals surface area contributed by atoms with Crippen LogP contribution in [0, 0.1) is 0 Å². The fourth-order valence-corrected chi connectivity index (χ4v) is 3.50. The number of amides is 3. The molecule has 1 heterocycles. The quantitative estimate of drug-likeness (QED) is 0.456. The summed E-state index contributed by atoms with van der Waals surface area (Å²) >= 11 is 1.19. The molecule has 5 N–H and O–H groups in total. The lowest BCUT2D eigenvalue weighted by molar-refractivity contribution is -0.130. The molecule has 1 aromatic heterocycles. The second kappa shape index (κ2) is 8.41. The van der Waals surface area contributed by atoms with Gasteiger partial charge in [0.2, 0.25) is 0 Å². The minimum Gasteiger partial charge on any atom is -0.478 e. The lowest BCUT2D eigenvalue weighted by atomic mass is 9.95. The molecule has 0 bridgehead atoms. The Morgan fingerprint density at radius 3 is 2.28 bits per heavy atom. The summed E-state index contributed by atoms with van der Waals surface area (Å²) in [6.45, 7) is 3.63. The normalized spacial score (nSPS) is 10.2. The third-order valence-corrected chi connectivity index (χ3v) is 4.95. The highest BCUT2D eigenvalue weighted by Crippen LogP contribution is 2.29.